The minimum Gasteiger partial charge on any atom is -0.487 e. The topological polar surface area (TPSA) is 69.4 Å². The van der Waals surface area contributed by atoms with Crippen molar-refractivity contribution in [1.82, 2.24) is 14.5 Å². The molecule has 9 heteroatoms. The normalized spacial score (nSPS) is 12.4. The zero-order valence-corrected chi connectivity index (χ0v) is 21.5. The Morgan fingerprint density at radius 2 is 1.92 bits per heavy atom. The average molecular weight is 521 g/mol. The number of hydrogen-bond donors (Lipinski definition) is 0. The molecule has 4 aromatic rings. The van der Waals surface area contributed by atoms with Gasteiger partial charge in [0.25, 0.3) is 5.56 Å². The van der Waals surface area contributed by atoms with Crippen molar-refractivity contribution in [2.75, 3.05) is 0 Å². The van der Waals surface area contributed by atoms with E-state index in [0.717, 1.165) is 38.5 Å². The fourth-order valence-corrected chi connectivity index (χ4v) is 4.28. The van der Waals surface area contributed by atoms with Gasteiger partial charge in [-0.25, -0.2) is 4.98 Å². The Bertz CT molecular complexity index is 1600. The van der Waals surface area contributed by atoms with Gasteiger partial charge in [-0.1, -0.05) is 18.2 Å². The number of fused-ring (bicyclic) bond motifs is 1. The molecule has 3 aromatic heterocycles. The van der Waals surface area contributed by atoms with Crippen LogP contribution in [0.15, 0.2) is 70.7 Å². The summed E-state index contributed by atoms with van der Waals surface area (Å²) in [5.41, 5.74) is 2.86. The second-order valence-corrected chi connectivity index (χ2v) is 8.72. The number of halogens is 3. The molecule has 0 aliphatic rings. The lowest BCUT2D eigenvalue weighted by Gasteiger charge is -2.16. The first kappa shape index (κ1) is 26.8. The molecule has 1 aromatic carbocycles. The first-order valence-electron chi connectivity index (χ1n) is 12.0. The summed E-state index contributed by atoms with van der Waals surface area (Å²) < 4.78 is 47.0. The number of alkyl halides is 3. The minimum atomic E-state index is -4.74. The summed E-state index contributed by atoms with van der Waals surface area (Å²) in [6.45, 7) is 7.51. The monoisotopic (exact) mass is 520 g/mol. The summed E-state index contributed by atoms with van der Waals surface area (Å²) in [5, 5.41) is 0.880. The number of para-hydroxylation sites is 1. The summed E-state index contributed by atoms with van der Waals surface area (Å²) >= 11 is 0. The van der Waals surface area contributed by atoms with E-state index in [0.29, 0.717) is 22.5 Å². The van der Waals surface area contributed by atoms with E-state index in [2.05, 4.69) is 9.98 Å². The quantitative estimate of drug-likeness (QED) is 0.261. The molecule has 0 amide bonds. The molecular weight excluding hydrogens is 493 g/mol. The fraction of sp³-hybridized carbons (Fsp3) is 0.241. The molecule has 6 nitrogen and oxygen atoms in total. The van der Waals surface area contributed by atoms with E-state index in [1.807, 2.05) is 58.0 Å². The molecule has 196 valence electrons. The van der Waals surface area contributed by atoms with Crippen molar-refractivity contribution in [3.05, 3.63) is 105 Å². The molecule has 0 saturated heterocycles. The number of ether oxygens (including phenoxy) is 1. The van der Waals surface area contributed by atoms with Crippen molar-refractivity contribution in [2.45, 2.75) is 47.0 Å². The second-order valence-electron chi connectivity index (χ2n) is 8.72. The molecule has 0 unspecified atom stereocenters. The van der Waals surface area contributed by atoms with Crippen molar-refractivity contribution in [3.63, 3.8) is 0 Å². The molecule has 4 rings (SSSR count). The predicted molar refractivity (Wildman–Crippen MR) is 142 cm³/mol. The third-order valence-electron chi connectivity index (χ3n) is 6.15. The first-order valence-corrected chi connectivity index (χ1v) is 12.0. The Hall–Kier alpha value is -4.27. The summed E-state index contributed by atoms with van der Waals surface area (Å²) in [6.07, 6.45) is 1.82. The highest BCUT2D eigenvalue weighted by Crippen LogP contribution is 2.32. The number of aromatic nitrogens is 3. The van der Waals surface area contributed by atoms with Crippen LogP contribution in [0.2, 0.25) is 0 Å². The molecule has 0 saturated carbocycles. The smallest absolute Gasteiger partial charge is 0.421 e. The Labute approximate surface area is 218 Å². The van der Waals surface area contributed by atoms with Crippen molar-refractivity contribution in [2.24, 2.45) is 4.99 Å². The highest BCUT2D eigenvalue weighted by Gasteiger charge is 2.34. The SMILES string of the molecule is CC=N/C(=C\C)c1cc(C)nc2c(OCc3c(C)ccnc3Cn3cccc(C(F)(F)F)c3=O)cccc12. The van der Waals surface area contributed by atoms with Gasteiger partial charge in [0, 0.05) is 40.8 Å². The molecule has 0 spiro atoms. The van der Waals surface area contributed by atoms with E-state index < -0.39 is 17.3 Å². The zero-order valence-electron chi connectivity index (χ0n) is 21.5. The van der Waals surface area contributed by atoms with Gasteiger partial charge in [-0.05, 0) is 63.6 Å². The Morgan fingerprint density at radius 3 is 2.63 bits per heavy atom. The van der Waals surface area contributed by atoms with E-state index in [-0.39, 0.29) is 13.2 Å². The van der Waals surface area contributed by atoms with Crippen molar-refractivity contribution < 1.29 is 17.9 Å². The number of aryl methyl sites for hydroxylation is 2. The van der Waals surface area contributed by atoms with Crippen LogP contribution in [0.4, 0.5) is 13.2 Å². The maximum absolute atomic E-state index is 13.3. The Morgan fingerprint density at radius 1 is 1.13 bits per heavy atom. The third-order valence-corrected chi connectivity index (χ3v) is 6.15. The molecular formula is C29H27F3N4O2. The van der Waals surface area contributed by atoms with Crippen LogP contribution < -0.4 is 10.3 Å². The number of aliphatic imine (C=N–C) groups is 1. The highest BCUT2D eigenvalue weighted by atomic mass is 19.4. The largest absolute Gasteiger partial charge is 0.487 e. The molecule has 0 aliphatic carbocycles. The van der Waals surface area contributed by atoms with Crippen LogP contribution in [-0.2, 0) is 19.3 Å². The first-order chi connectivity index (χ1) is 18.1. The fourth-order valence-electron chi connectivity index (χ4n) is 4.28. The highest BCUT2D eigenvalue weighted by molar-refractivity contribution is 5.95. The van der Waals surface area contributed by atoms with Gasteiger partial charge in [0.05, 0.1) is 17.9 Å². The number of pyridine rings is 3. The molecule has 38 heavy (non-hydrogen) atoms. The zero-order chi connectivity index (χ0) is 27.4. The number of benzene rings is 1. The molecule has 0 N–H and O–H groups in total. The van der Waals surface area contributed by atoms with Crippen LogP contribution in [-0.4, -0.2) is 20.7 Å². The summed E-state index contributed by atoms with van der Waals surface area (Å²) in [4.78, 5) is 26.0. The number of hydrogen-bond acceptors (Lipinski definition) is 5. The van der Waals surface area contributed by atoms with E-state index >= 15 is 0 Å². The molecule has 0 fully saturated rings. The molecule has 0 atom stereocenters. The third kappa shape index (κ3) is 5.51. The van der Waals surface area contributed by atoms with E-state index in [4.69, 9.17) is 9.72 Å². The minimum absolute atomic E-state index is 0.0936. The van der Waals surface area contributed by atoms with E-state index in [1.165, 1.54) is 12.3 Å². The maximum Gasteiger partial charge on any atom is 0.421 e. The number of nitrogens with zero attached hydrogens (tertiary/aromatic N) is 4. The van der Waals surface area contributed by atoms with Crippen LogP contribution in [0.3, 0.4) is 0 Å². The maximum atomic E-state index is 13.3. The summed E-state index contributed by atoms with van der Waals surface area (Å²) in [6, 6.07) is 11.4. The number of allylic oxidation sites excluding steroid dienone is 1. The lowest BCUT2D eigenvalue weighted by atomic mass is 10.0. The molecule has 0 bridgehead atoms. The molecule has 0 radical (unpaired) electrons. The van der Waals surface area contributed by atoms with Crippen LogP contribution in [0.25, 0.3) is 16.6 Å². The van der Waals surface area contributed by atoms with Crippen LogP contribution in [0.5, 0.6) is 5.75 Å². The van der Waals surface area contributed by atoms with Gasteiger partial charge in [0.2, 0.25) is 0 Å². The van der Waals surface area contributed by atoms with Gasteiger partial charge in [-0.3, -0.25) is 14.8 Å². The predicted octanol–water partition coefficient (Wildman–Crippen LogP) is 6.51. The average Bonchev–Trinajstić information content (AvgIpc) is 2.87. The van der Waals surface area contributed by atoms with E-state index in [1.54, 1.807) is 18.5 Å². The van der Waals surface area contributed by atoms with Gasteiger partial charge in [0.1, 0.15) is 23.4 Å². The molecule has 3 heterocycles. The van der Waals surface area contributed by atoms with E-state index in [9.17, 15) is 18.0 Å². The lowest BCUT2D eigenvalue weighted by molar-refractivity contribution is -0.138. The van der Waals surface area contributed by atoms with Gasteiger partial charge in [0.15, 0.2) is 0 Å². The molecule has 0 aliphatic heterocycles. The number of rotatable bonds is 7. The summed E-state index contributed by atoms with van der Waals surface area (Å²) in [5.74, 6) is 0.550. The van der Waals surface area contributed by atoms with Gasteiger partial charge in [-0.2, -0.15) is 13.2 Å². The Kier molecular flexibility index (Phi) is 7.75. The second kappa shape index (κ2) is 11.0. The van der Waals surface area contributed by atoms with Gasteiger partial charge >= 0.3 is 6.18 Å². The summed E-state index contributed by atoms with van der Waals surface area (Å²) in [7, 11) is 0. The van der Waals surface area contributed by atoms with Crippen LogP contribution in [0, 0.1) is 13.8 Å². The van der Waals surface area contributed by atoms with Crippen LogP contribution >= 0.6 is 0 Å². The van der Waals surface area contributed by atoms with Crippen molar-refractivity contribution in [3.8, 4) is 5.75 Å². The lowest BCUT2D eigenvalue weighted by Crippen LogP contribution is -2.29. The van der Waals surface area contributed by atoms with Crippen molar-refractivity contribution >= 4 is 22.8 Å². The van der Waals surface area contributed by atoms with Crippen molar-refractivity contribution in [1.29, 1.82) is 0 Å². The van der Waals surface area contributed by atoms with Gasteiger partial charge < -0.3 is 9.30 Å². The van der Waals surface area contributed by atoms with Gasteiger partial charge in [-0.15, -0.1) is 0 Å². The van der Waals surface area contributed by atoms with Crippen LogP contribution in [0.1, 0.15) is 47.5 Å². The Balaban J connectivity index is 1.70. The standard InChI is InChI=1S/C29H27F3N4O2/c1-5-24(33-6-2)21-15-19(4)35-27-20(21)9-7-11-26(27)38-17-22-18(3)12-13-34-25(22)16-36-14-8-10-23(28(36)37)29(30,31)32/h5-15H,16-17H2,1-4H3/b24-5-,33-6?.